The number of hydrogen-bond acceptors (Lipinski definition) is 6. The number of carbonyl (C=O) groups excluding carboxylic acids is 1. The summed E-state index contributed by atoms with van der Waals surface area (Å²) in [6.07, 6.45) is 1.62. The topological polar surface area (TPSA) is 92.2 Å². The molecule has 176 valence electrons. The predicted molar refractivity (Wildman–Crippen MR) is 135 cm³/mol. The maximum Gasteiger partial charge on any atom is 0.271 e. The number of fused-ring (bicyclic) bond motifs is 2. The van der Waals surface area contributed by atoms with Gasteiger partial charge in [-0.05, 0) is 52.2 Å². The lowest BCUT2D eigenvalue weighted by molar-refractivity contribution is 0.0955. The number of carbonyl (C=O) groups is 1. The molecule has 7 nitrogen and oxygen atoms in total. The van der Waals surface area contributed by atoms with Crippen LogP contribution in [0.3, 0.4) is 0 Å². The van der Waals surface area contributed by atoms with Crippen LogP contribution in [0.1, 0.15) is 27.0 Å². The van der Waals surface area contributed by atoms with Crippen LogP contribution in [0, 0.1) is 0 Å². The number of hydrazone groups is 1. The van der Waals surface area contributed by atoms with Crippen LogP contribution in [0.5, 0.6) is 17.2 Å². The van der Waals surface area contributed by atoms with Crippen molar-refractivity contribution in [2.75, 3.05) is 6.79 Å². The van der Waals surface area contributed by atoms with Crippen LogP contribution in [0.15, 0.2) is 77.9 Å². The Morgan fingerprint density at radius 3 is 2.66 bits per heavy atom. The summed E-state index contributed by atoms with van der Waals surface area (Å²) in [5, 5.41) is 19.4. The minimum atomic E-state index is -0.420. The van der Waals surface area contributed by atoms with Crippen LogP contribution in [0.2, 0.25) is 5.02 Å². The SMILES string of the molecule is O=C(N/N=C/c1ccc(CNCc2ccc3c(c2)OCO3)c2ccccc12)c1ccc(O)c(Cl)c1. The number of phenolic OH excluding ortho intramolecular Hbond substituents is 1. The fourth-order valence-electron chi connectivity index (χ4n) is 3.92. The van der Waals surface area contributed by atoms with Crippen LogP contribution in [0.25, 0.3) is 10.8 Å². The highest BCUT2D eigenvalue weighted by molar-refractivity contribution is 6.32. The van der Waals surface area contributed by atoms with Gasteiger partial charge in [-0.3, -0.25) is 4.79 Å². The zero-order valence-electron chi connectivity index (χ0n) is 18.6. The van der Waals surface area contributed by atoms with Gasteiger partial charge < -0.3 is 19.9 Å². The lowest BCUT2D eigenvalue weighted by atomic mass is 10.00. The molecule has 1 amide bonds. The van der Waals surface area contributed by atoms with Gasteiger partial charge in [0.2, 0.25) is 6.79 Å². The fraction of sp³-hybridized carbons (Fsp3) is 0.111. The Balaban J connectivity index is 1.26. The first-order valence-electron chi connectivity index (χ1n) is 11.0. The van der Waals surface area contributed by atoms with E-state index in [4.69, 9.17) is 21.1 Å². The van der Waals surface area contributed by atoms with Gasteiger partial charge >= 0.3 is 0 Å². The fourth-order valence-corrected chi connectivity index (χ4v) is 4.10. The van der Waals surface area contributed by atoms with Gasteiger partial charge in [0.15, 0.2) is 11.5 Å². The number of phenols is 1. The van der Waals surface area contributed by atoms with Crippen molar-refractivity contribution in [1.29, 1.82) is 0 Å². The molecule has 0 aromatic heterocycles. The smallest absolute Gasteiger partial charge is 0.271 e. The van der Waals surface area contributed by atoms with Crippen molar-refractivity contribution in [3.63, 3.8) is 0 Å². The molecule has 0 aliphatic carbocycles. The summed E-state index contributed by atoms with van der Waals surface area (Å²) in [7, 11) is 0. The molecule has 1 aliphatic rings. The number of hydrogen-bond donors (Lipinski definition) is 3. The van der Waals surface area contributed by atoms with Crippen molar-refractivity contribution in [3.8, 4) is 17.2 Å². The van der Waals surface area contributed by atoms with E-state index in [1.54, 1.807) is 6.21 Å². The molecule has 0 bridgehead atoms. The summed E-state index contributed by atoms with van der Waals surface area (Å²) in [6, 6.07) is 22.3. The van der Waals surface area contributed by atoms with E-state index >= 15 is 0 Å². The van der Waals surface area contributed by atoms with Gasteiger partial charge in [0.05, 0.1) is 11.2 Å². The zero-order valence-corrected chi connectivity index (χ0v) is 19.4. The van der Waals surface area contributed by atoms with E-state index in [0.29, 0.717) is 18.7 Å². The third-order valence-corrected chi connectivity index (χ3v) is 6.01. The van der Waals surface area contributed by atoms with Crippen LogP contribution in [0.4, 0.5) is 0 Å². The van der Waals surface area contributed by atoms with E-state index in [-0.39, 0.29) is 17.6 Å². The van der Waals surface area contributed by atoms with Gasteiger partial charge in [-0.1, -0.05) is 54.1 Å². The molecule has 8 heteroatoms. The number of amides is 1. The molecular formula is C27H22ClN3O4. The Bertz CT molecular complexity index is 1440. The Morgan fingerprint density at radius 2 is 1.80 bits per heavy atom. The summed E-state index contributed by atoms with van der Waals surface area (Å²) in [5.41, 5.74) is 5.96. The molecule has 35 heavy (non-hydrogen) atoms. The highest BCUT2D eigenvalue weighted by atomic mass is 35.5. The second kappa shape index (κ2) is 10.0. The third kappa shape index (κ3) is 5.06. The first-order chi connectivity index (χ1) is 17.1. The number of rotatable bonds is 7. The Labute approximate surface area is 206 Å². The van der Waals surface area contributed by atoms with E-state index < -0.39 is 5.91 Å². The van der Waals surface area contributed by atoms with Crippen molar-refractivity contribution in [1.82, 2.24) is 10.7 Å². The molecular weight excluding hydrogens is 466 g/mol. The molecule has 4 aromatic carbocycles. The van der Waals surface area contributed by atoms with Crippen molar-refractivity contribution in [2.45, 2.75) is 13.1 Å². The van der Waals surface area contributed by atoms with Crippen molar-refractivity contribution in [3.05, 3.63) is 100 Å². The van der Waals surface area contributed by atoms with E-state index in [1.165, 1.54) is 18.2 Å². The van der Waals surface area contributed by atoms with Gasteiger partial charge in [-0.15, -0.1) is 0 Å². The van der Waals surface area contributed by atoms with Crippen molar-refractivity contribution < 1.29 is 19.4 Å². The molecule has 0 radical (unpaired) electrons. The van der Waals surface area contributed by atoms with Gasteiger partial charge in [-0.25, -0.2) is 5.43 Å². The number of ether oxygens (including phenoxy) is 2. The minimum absolute atomic E-state index is 0.0799. The Hall–Kier alpha value is -4.07. The number of nitrogens with one attached hydrogen (secondary N) is 2. The second-order valence-electron chi connectivity index (χ2n) is 8.02. The highest BCUT2D eigenvalue weighted by Crippen LogP contribution is 2.32. The normalized spacial score (nSPS) is 12.4. The van der Waals surface area contributed by atoms with E-state index in [1.807, 2.05) is 42.5 Å². The molecule has 0 atom stereocenters. The first kappa shape index (κ1) is 22.7. The molecule has 0 unspecified atom stereocenters. The molecule has 1 heterocycles. The van der Waals surface area contributed by atoms with Crippen molar-refractivity contribution in [2.24, 2.45) is 5.10 Å². The maximum atomic E-state index is 12.3. The number of aromatic hydroxyl groups is 1. The van der Waals surface area contributed by atoms with Gasteiger partial charge in [-0.2, -0.15) is 5.10 Å². The summed E-state index contributed by atoms with van der Waals surface area (Å²) >= 11 is 5.88. The monoisotopic (exact) mass is 487 g/mol. The standard InChI is InChI=1S/C27H22ClN3O4/c28-23-12-18(8-9-24(23)32)27(33)31-30-15-20-7-6-19(21-3-1-2-4-22(20)21)14-29-13-17-5-10-25-26(11-17)35-16-34-25/h1-12,15,29,32H,13-14,16H2,(H,31,33)/b30-15+. The number of halogens is 1. The summed E-state index contributed by atoms with van der Waals surface area (Å²) in [6.45, 7) is 1.65. The third-order valence-electron chi connectivity index (χ3n) is 5.71. The molecule has 3 N–H and O–H groups in total. The molecule has 5 rings (SSSR count). The molecule has 1 aliphatic heterocycles. The zero-order chi connectivity index (χ0) is 24.2. The van der Waals surface area contributed by atoms with Gasteiger partial charge in [0.1, 0.15) is 5.75 Å². The van der Waals surface area contributed by atoms with Crippen LogP contribution >= 0.6 is 11.6 Å². The van der Waals surface area contributed by atoms with E-state index in [0.717, 1.165) is 39.0 Å². The average Bonchev–Trinajstić information content (AvgIpc) is 3.34. The van der Waals surface area contributed by atoms with Crippen LogP contribution < -0.4 is 20.2 Å². The van der Waals surface area contributed by atoms with E-state index in [9.17, 15) is 9.90 Å². The summed E-state index contributed by atoms with van der Waals surface area (Å²) in [4.78, 5) is 12.3. The van der Waals surface area contributed by atoms with Crippen molar-refractivity contribution >= 4 is 34.5 Å². The van der Waals surface area contributed by atoms with Gasteiger partial charge in [0, 0.05) is 24.2 Å². The second-order valence-corrected chi connectivity index (χ2v) is 8.42. The molecule has 0 fully saturated rings. The Morgan fingerprint density at radius 1 is 0.971 bits per heavy atom. The largest absolute Gasteiger partial charge is 0.506 e. The molecule has 0 saturated heterocycles. The van der Waals surface area contributed by atoms with Crippen LogP contribution in [-0.4, -0.2) is 24.0 Å². The van der Waals surface area contributed by atoms with Crippen LogP contribution in [-0.2, 0) is 13.1 Å². The minimum Gasteiger partial charge on any atom is -0.506 e. The maximum absolute atomic E-state index is 12.3. The number of benzene rings is 4. The predicted octanol–water partition coefficient (Wildman–Crippen LogP) is 4.98. The summed E-state index contributed by atoms with van der Waals surface area (Å²) < 4.78 is 10.8. The highest BCUT2D eigenvalue weighted by Gasteiger charge is 2.13. The lowest BCUT2D eigenvalue weighted by Crippen LogP contribution is -2.17. The average molecular weight is 488 g/mol. The first-order valence-corrected chi connectivity index (χ1v) is 11.4. The lowest BCUT2D eigenvalue weighted by Gasteiger charge is -2.11. The molecule has 4 aromatic rings. The quantitative estimate of drug-likeness (QED) is 0.252. The Kier molecular flexibility index (Phi) is 6.52. The van der Waals surface area contributed by atoms with E-state index in [2.05, 4.69) is 28.0 Å². The number of nitrogens with zero attached hydrogens (tertiary/aromatic N) is 1. The molecule has 0 saturated carbocycles. The summed E-state index contributed by atoms with van der Waals surface area (Å²) in [5.74, 6) is 1.06. The molecule has 0 spiro atoms. The van der Waals surface area contributed by atoms with Gasteiger partial charge in [0.25, 0.3) is 5.91 Å².